The number of fused-ring (bicyclic) bond motifs is 4. The second-order valence-electron chi connectivity index (χ2n) is 5.87. The summed E-state index contributed by atoms with van der Waals surface area (Å²) in [5, 5.41) is 23.6. The molecule has 3 nitrogen and oxygen atoms in total. The fourth-order valence-electron chi connectivity index (χ4n) is 4.42. The smallest absolute Gasteiger partial charge is 0.0757 e. The van der Waals surface area contributed by atoms with E-state index in [-0.39, 0.29) is 5.92 Å². The molecule has 2 N–H and O–H groups in total. The van der Waals surface area contributed by atoms with Crippen LogP contribution < -0.4 is 0 Å². The first-order valence-corrected chi connectivity index (χ1v) is 6.70. The first-order valence-electron chi connectivity index (χ1n) is 6.70. The van der Waals surface area contributed by atoms with Gasteiger partial charge in [-0.25, -0.2) is 0 Å². The van der Waals surface area contributed by atoms with Crippen LogP contribution in [0.2, 0.25) is 0 Å². The van der Waals surface area contributed by atoms with Gasteiger partial charge >= 0.3 is 0 Å². The molecule has 3 aliphatic carbocycles. The minimum Gasteiger partial charge on any atom is -0.411 e. The lowest BCUT2D eigenvalue weighted by molar-refractivity contribution is -0.102. The summed E-state index contributed by atoms with van der Waals surface area (Å²) < 4.78 is 0. The summed E-state index contributed by atoms with van der Waals surface area (Å²) in [5.74, 6) is 1.06. The highest BCUT2D eigenvalue weighted by Crippen LogP contribution is 2.52. The van der Waals surface area contributed by atoms with E-state index in [4.69, 9.17) is 0 Å². The van der Waals surface area contributed by atoms with Gasteiger partial charge in [0.25, 0.3) is 0 Å². The summed E-state index contributed by atoms with van der Waals surface area (Å²) in [6, 6.07) is 0. The van der Waals surface area contributed by atoms with Gasteiger partial charge in [-0.2, -0.15) is 0 Å². The van der Waals surface area contributed by atoms with Gasteiger partial charge < -0.3 is 10.3 Å². The van der Waals surface area contributed by atoms with Crippen molar-refractivity contribution < 1.29 is 10.3 Å². The van der Waals surface area contributed by atoms with Crippen molar-refractivity contribution >= 4 is 5.71 Å². The van der Waals surface area contributed by atoms with Crippen LogP contribution in [0.5, 0.6) is 0 Å². The standard InChI is InChI=1S/C13H21NO2/c15-13-7-2-1-5-10(13)8-9-4-3-6-11(13)12(9)14-16/h9-11,15-16H,1-8H2/b14-12-/t9-,10-,11+,13+/m0/s1. The van der Waals surface area contributed by atoms with Crippen LogP contribution in [-0.2, 0) is 0 Å². The molecule has 2 bridgehead atoms. The Balaban J connectivity index is 1.96. The fraction of sp³-hybridized carbons (Fsp3) is 0.923. The zero-order valence-corrected chi connectivity index (χ0v) is 9.73. The molecule has 0 radical (unpaired) electrons. The maximum atomic E-state index is 10.9. The fourth-order valence-corrected chi connectivity index (χ4v) is 4.42. The van der Waals surface area contributed by atoms with Crippen LogP contribution in [0.15, 0.2) is 5.16 Å². The second-order valence-corrected chi connectivity index (χ2v) is 5.87. The van der Waals surface area contributed by atoms with Gasteiger partial charge in [-0.15, -0.1) is 0 Å². The third-order valence-corrected chi connectivity index (χ3v) is 5.20. The van der Waals surface area contributed by atoms with Crippen molar-refractivity contribution in [3.05, 3.63) is 0 Å². The van der Waals surface area contributed by atoms with Gasteiger partial charge in [-0.05, 0) is 38.0 Å². The maximum Gasteiger partial charge on any atom is 0.0757 e. The molecule has 3 saturated carbocycles. The average Bonchev–Trinajstić information content (AvgIpc) is 2.30. The van der Waals surface area contributed by atoms with E-state index in [0.717, 1.165) is 37.8 Å². The first kappa shape index (κ1) is 10.6. The molecule has 90 valence electrons. The van der Waals surface area contributed by atoms with Crippen LogP contribution in [0, 0.1) is 17.8 Å². The Morgan fingerprint density at radius 3 is 2.81 bits per heavy atom. The van der Waals surface area contributed by atoms with E-state index in [1.54, 1.807) is 0 Å². The Bertz CT molecular complexity index is 315. The molecule has 16 heavy (non-hydrogen) atoms. The molecule has 0 aromatic rings. The molecule has 0 heterocycles. The van der Waals surface area contributed by atoms with Crippen molar-refractivity contribution in [1.82, 2.24) is 0 Å². The summed E-state index contributed by atoms with van der Waals surface area (Å²) in [6.07, 6.45) is 8.88. The average molecular weight is 223 g/mol. The minimum atomic E-state index is -0.545. The van der Waals surface area contributed by atoms with Gasteiger partial charge in [0, 0.05) is 11.8 Å². The number of nitrogens with zero attached hydrogens (tertiary/aromatic N) is 1. The van der Waals surface area contributed by atoms with Crippen LogP contribution in [-0.4, -0.2) is 21.6 Å². The van der Waals surface area contributed by atoms with E-state index in [2.05, 4.69) is 5.16 Å². The predicted molar refractivity (Wildman–Crippen MR) is 61.6 cm³/mol. The summed E-state index contributed by atoms with van der Waals surface area (Å²) in [7, 11) is 0. The SMILES string of the molecule is O/N=C1/[C@H]2CCC[C@H]1[C@@]1(O)CCCC[C@H]1C2. The molecule has 3 rings (SSSR count). The zero-order chi connectivity index (χ0) is 11.2. The Kier molecular flexibility index (Phi) is 2.46. The van der Waals surface area contributed by atoms with E-state index in [9.17, 15) is 10.3 Å². The molecular formula is C13H21NO2. The first-order chi connectivity index (χ1) is 7.75. The summed E-state index contributed by atoms with van der Waals surface area (Å²) in [5.41, 5.74) is 0.364. The topological polar surface area (TPSA) is 52.8 Å². The number of hydrogen-bond donors (Lipinski definition) is 2. The zero-order valence-electron chi connectivity index (χ0n) is 9.73. The lowest BCUT2D eigenvalue weighted by atomic mass is 9.54. The van der Waals surface area contributed by atoms with E-state index < -0.39 is 5.60 Å². The molecule has 0 aliphatic heterocycles. The van der Waals surface area contributed by atoms with E-state index in [0.29, 0.717) is 11.8 Å². The Morgan fingerprint density at radius 2 is 2.00 bits per heavy atom. The van der Waals surface area contributed by atoms with Crippen molar-refractivity contribution in [2.75, 3.05) is 0 Å². The van der Waals surface area contributed by atoms with E-state index in [1.807, 2.05) is 0 Å². The van der Waals surface area contributed by atoms with Crippen molar-refractivity contribution in [1.29, 1.82) is 0 Å². The Morgan fingerprint density at radius 1 is 1.12 bits per heavy atom. The van der Waals surface area contributed by atoms with Gasteiger partial charge in [0.1, 0.15) is 0 Å². The predicted octanol–water partition coefficient (Wildman–Crippen LogP) is 2.56. The van der Waals surface area contributed by atoms with Crippen LogP contribution >= 0.6 is 0 Å². The number of rotatable bonds is 0. The molecule has 0 unspecified atom stereocenters. The molecule has 0 spiro atoms. The van der Waals surface area contributed by atoms with Gasteiger partial charge in [0.05, 0.1) is 11.3 Å². The van der Waals surface area contributed by atoms with Crippen molar-refractivity contribution in [3.63, 3.8) is 0 Å². The van der Waals surface area contributed by atoms with Crippen LogP contribution in [0.4, 0.5) is 0 Å². The molecule has 0 amide bonds. The number of aliphatic hydroxyl groups is 1. The molecular weight excluding hydrogens is 202 g/mol. The Labute approximate surface area is 96.5 Å². The quantitative estimate of drug-likeness (QED) is 0.490. The molecule has 4 atom stereocenters. The highest BCUT2D eigenvalue weighted by atomic mass is 16.4. The van der Waals surface area contributed by atoms with Gasteiger partial charge in [-0.1, -0.05) is 24.4 Å². The van der Waals surface area contributed by atoms with Gasteiger partial charge in [0.15, 0.2) is 0 Å². The van der Waals surface area contributed by atoms with Gasteiger partial charge in [-0.3, -0.25) is 0 Å². The minimum absolute atomic E-state index is 0.148. The summed E-state index contributed by atoms with van der Waals surface area (Å²) in [4.78, 5) is 0. The highest BCUT2D eigenvalue weighted by molar-refractivity contribution is 5.91. The third kappa shape index (κ3) is 1.33. The Hall–Kier alpha value is -0.570. The molecule has 0 aromatic carbocycles. The molecule has 0 aromatic heterocycles. The molecule has 3 fully saturated rings. The van der Waals surface area contributed by atoms with Crippen molar-refractivity contribution in [2.45, 2.75) is 57.0 Å². The molecule has 3 heteroatoms. The van der Waals surface area contributed by atoms with E-state index >= 15 is 0 Å². The monoisotopic (exact) mass is 223 g/mol. The third-order valence-electron chi connectivity index (χ3n) is 5.20. The van der Waals surface area contributed by atoms with Crippen molar-refractivity contribution in [2.24, 2.45) is 22.9 Å². The van der Waals surface area contributed by atoms with Gasteiger partial charge in [0.2, 0.25) is 0 Å². The molecule has 3 aliphatic rings. The van der Waals surface area contributed by atoms with Crippen LogP contribution in [0.1, 0.15) is 51.4 Å². The molecule has 0 saturated heterocycles. The highest BCUT2D eigenvalue weighted by Gasteiger charge is 2.54. The second kappa shape index (κ2) is 3.73. The normalized spacial score (nSPS) is 50.1. The van der Waals surface area contributed by atoms with E-state index in [1.165, 1.54) is 19.3 Å². The number of oxime groups is 1. The lowest BCUT2D eigenvalue weighted by Gasteiger charge is -2.53. The van der Waals surface area contributed by atoms with Crippen LogP contribution in [0.25, 0.3) is 0 Å². The number of hydrogen-bond acceptors (Lipinski definition) is 3. The van der Waals surface area contributed by atoms with Crippen molar-refractivity contribution in [3.8, 4) is 0 Å². The largest absolute Gasteiger partial charge is 0.411 e. The van der Waals surface area contributed by atoms with Crippen LogP contribution in [0.3, 0.4) is 0 Å². The lowest BCUT2D eigenvalue weighted by Crippen LogP contribution is -2.57. The maximum absolute atomic E-state index is 10.9. The summed E-state index contributed by atoms with van der Waals surface area (Å²) in [6.45, 7) is 0. The summed E-state index contributed by atoms with van der Waals surface area (Å²) >= 11 is 0.